The van der Waals surface area contributed by atoms with Crippen LogP contribution in [0.25, 0.3) is 11.3 Å². The third kappa shape index (κ3) is 3.77. The van der Waals surface area contributed by atoms with Crippen molar-refractivity contribution >= 4 is 17.6 Å². The fourth-order valence-corrected chi connectivity index (χ4v) is 2.03. The van der Waals surface area contributed by atoms with Crippen LogP contribution in [0, 0.1) is 0 Å². The number of halogens is 3. The minimum Gasteiger partial charge on any atom is -0.423 e. The summed E-state index contributed by atoms with van der Waals surface area (Å²) in [6.07, 6.45) is -1.63. The molecular weight excluding hydrogens is 337 g/mol. The average molecular weight is 348 g/mol. The van der Waals surface area contributed by atoms with Gasteiger partial charge in [-0.05, 0) is 24.3 Å². The predicted octanol–water partition coefficient (Wildman–Crippen LogP) is 3.60. The number of alkyl halides is 3. The zero-order valence-electron chi connectivity index (χ0n) is 12.5. The maximum absolute atomic E-state index is 12.6. The molecule has 3 N–H and O–H groups in total. The number of nitrogens with zero attached hydrogens (tertiary/aromatic N) is 2. The van der Waals surface area contributed by atoms with Crippen LogP contribution in [0.1, 0.15) is 16.1 Å². The molecule has 0 unspecified atom stereocenters. The lowest BCUT2D eigenvalue weighted by Crippen LogP contribution is -2.12. The Morgan fingerprint density at radius 3 is 2.32 bits per heavy atom. The number of nitrogens with one attached hydrogen (secondary N) is 1. The molecule has 1 aromatic carbocycles. The zero-order valence-corrected chi connectivity index (χ0v) is 12.5. The number of benzene rings is 1. The van der Waals surface area contributed by atoms with E-state index in [-0.39, 0.29) is 11.7 Å². The molecule has 0 atom stereocenters. The number of rotatable bonds is 4. The molecule has 0 aliphatic carbocycles. The van der Waals surface area contributed by atoms with Crippen LogP contribution in [0.3, 0.4) is 0 Å². The summed E-state index contributed by atoms with van der Waals surface area (Å²) in [5.74, 6) is -0.342. The van der Waals surface area contributed by atoms with Gasteiger partial charge in [-0.15, -0.1) is 0 Å². The predicted molar refractivity (Wildman–Crippen MR) is 83.0 cm³/mol. The Morgan fingerprint density at radius 1 is 1.04 bits per heavy atom. The van der Waals surface area contributed by atoms with Gasteiger partial charge in [0, 0.05) is 5.56 Å². The topological polar surface area (TPSA) is 94.0 Å². The second-order valence-corrected chi connectivity index (χ2v) is 5.03. The van der Waals surface area contributed by atoms with Gasteiger partial charge in [0.2, 0.25) is 0 Å². The highest BCUT2D eigenvalue weighted by Gasteiger charge is 2.30. The Morgan fingerprint density at radius 2 is 1.76 bits per heavy atom. The molecule has 0 bridgehead atoms. The van der Waals surface area contributed by atoms with Crippen LogP contribution in [0.15, 0.2) is 53.2 Å². The van der Waals surface area contributed by atoms with E-state index in [2.05, 4.69) is 15.3 Å². The lowest BCUT2D eigenvalue weighted by molar-refractivity contribution is -0.137. The number of pyridine rings is 1. The molecule has 0 aliphatic rings. The number of hydrogen-bond donors (Lipinski definition) is 2. The van der Waals surface area contributed by atoms with Gasteiger partial charge in [-0.2, -0.15) is 13.2 Å². The lowest BCUT2D eigenvalue weighted by atomic mass is 10.1. The van der Waals surface area contributed by atoms with Crippen molar-refractivity contribution in [3.05, 3.63) is 60.0 Å². The summed E-state index contributed by atoms with van der Waals surface area (Å²) in [4.78, 5) is 18.8. The molecule has 0 spiro atoms. The molecule has 1 amide bonds. The summed E-state index contributed by atoms with van der Waals surface area (Å²) in [5, 5.41) is 2.82. The van der Waals surface area contributed by atoms with Crippen LogP contribution in [-0.4, -0.2) is 15.9 Å². The van der Waals surface area contributed by atoms with E-state index >= 15 is 0 Å². The van der Waals surface area contributed by atoms with Gasteiger partial charge >= 0.3 is 6.18 Å². The molecule has 6 nitrogen and oxygen atoms in total. The Kier molecular flexibility index (Phi) is 4.14. The Balaban J connectivity index is 1.75. The number of hydrogen-bond acceptors (Lipinski definition) is 5. The number of nitrogens with two attached hydrogens (primary N) is 1. The summed E-state index contributed by atoms with van der Waals surface area (Å²) in [6.45, 7) is 0. The van der Waals surface area contributed by atoms with Crippen molar-refractivity contribution in [2.24, 2.45) is 5.73 Å². The fourth-order valence-electron chi connectivity index (χ4n) is 2.03. The minimum absolute atomic E-state index is 0.114. The normalized spacial score (nSPS) is 11.3. The largest absolute Gasteiger partial charge is 0.423 e. The van der Waals surface area contributed by atoms with E-state index in [1.165, 1.54) is 30.6 Å². The van der Waals surface area contributed by atoms with Gasteiger partial charge in [0.15, 0.2) is 5.76 Å². The molecule has 25 heavy (non-hydrogen) atoms. The van der Waals surface area contributed by atoms with Gasteiger partial charge in [0.25, 0.3) is 11.9 Å². The molecular formula is C16H11F3N4O2. The highest BCUT2D eigenvalue weighted by Crippen LogP contribution is 2.31. The summed E-state index contributed by atoms with van der Waals surface area (Å²) in [7, 11) is 0. The van der Waals surface area contributed by atoms with Gasteiger partial charge in [0.05, 0.1) is 23.6 Å². The molecule has 3 aromatic rings. The smallest absolute Gasteiger partial charge is 0.416 e. The zero-order chi connectivity index (χ0) is 18.0. The summed E-state index contributed by atoms with van der Waals surface area (Å²) < 4.78 is 43.2. The third-order valence-electron chi connectivity index (χ3n) is 3.27. The molecule has 0 radical (unpaired) electrons. The van der Waals surface area contributed by atoms with E-state index < -0.39 is 17.6 Å². The lowest BCUT2D eigenvalue weighted by Gasteiger charge is -2.06. The van der Waals surface area contributed by atoms with Crippen LogP contribution in [0.5, 0.6) is 0 Å². The molecule has 128 valence electrons. The molecule has 9 heteroatoms. The Labute approximate surface area is 139 Å². The van der Waals surface area contributed by atoms with E-state index in [9.17, 15) is 18.0 Å². The van der Waals surface area contributed by atoms with Crippen LogP contribution >= 0.6 is 0 Å². The minimum atomic E-state index is -4.39. The van der Waals surface area contributed by atoms with E-state index in [0.717, 1.165) is 12.1 Å². The number of aromatic nitrogens is 2. The van der Waals surface area contributed by atoms with Gasteiger partial charge in [0.1, 0.15) is 5.69 Å². The van der Waals surface area contributed by atoms with E-state index in [1.807, 2.05) is 0 Å². The van der Waals surface area contributed by atoms with Crippen molar-refractivity contribution in [3.63, 3.8) is 0 Å². The second kappa shape index (κ2) is 6.27. The first kappa shape index (κ1) is 16.5. The van der Waals surface area contributed by atoms with Crippen LogP contribution in [-0.2, 0) is 6.18 Å². The molecule has 3 rings (SSSR count). The average Bonchev–Trinajstić information content (AvgIpc) is 3.03. The molecule has 0 saturated heterocycles. The van der Waals surface area contributed by atoms with Gasteiger partial charge in [-0.25, -0.2) is 9.97 Å². The van der Waals surface area contributed by atoms with E-state index in [1.54, 1.807) is 6.07 Å². The van der Waals surface area contributed by atoms with Crippen molar-refractivity contribution < 1.29 is 22.4 Å². The number of anilines is 2. The maximum Gasteiger partial charge on any atom is 0.416 e. The van der Waals surface area contributed by atoms with E-state index in [4.69, 9.17) is 10.2 Å². The molecule has 0 saturated carbocycles. The van der Waals surface area contributed by atoms with Crippen LogP contribution < -0.4 is 11.1 Å². The van der Waals surface area contributed by atoms with Gasteiger partial charge in [-0.1, -0.05) is 12.1 Å². The number of carbonyl (C=O) groups is 1. The van der Waals surface area contributed by atoms with Crippen molar-refractivity contribution in [2.45, 2.75) is 6.18 Å². The maximum atomic E-state index is 12.6. The first-order valence-corrected chi connectivity index (χ1v) is 6.99. The molecule has 2 aromatic heterocycles. The molecule has 2 heterocycles. The van der Waals surface area contributed by atoms with Crippen molar-refractivity contribution in [2.75, 3.05) is 5.32 Å². The fraction of sp³-hybridized carbons (Fsp3) is 0.0625. The van der Waals surface area contributed by atoms with Crippen molar-refractivity contribution in [1.29, 1.82) is 0 Å². The first-order chi connectivity index (χ1) is 11.8. The first-order valence-electron chi connectivity index (χ1n) is 6.99. The third-order valence-corrected chi connectivity index (χ3v) is 3.27. The second-order valence-electron chi connectivity index (χ2n) is 5.03. The highest BCUT2D eigenvalue weighted by atomic mass is 19.4. The number of primary amides is 1. The standard InChI is InChI=1S/C16H11F3N4O2/c17-16(18,19)10-3-1-9(2-4-10)13-8-22-15(25-13)23-11-5-6-12(14(20)24)21-7-11/h1-8H,(H2,20,24)(H,22,23). The van der Waals surface area contributed by atoms with Crippen LogP contribution in [0.2, 0.25) is 0 Å². The van der Waals surface area contributed by atoms with Gasteiger partial charge < -0.3 is 15.5 Å². The Bertz CT molecular complexity index is 887. The highest BCUT2D eigenvalue weighted by molar-refractivity contribution is 5.90. The molecule has 0 fully saturated rings. The summed E-state index contributed by atoms with van der Waals surface area (Å²) in [5.41, 5.74) is 5.43. The van der Waals surface area contributed by atoms with Crippen molar-refractivity contribution in [1.82, 2.24) is 9.97 Å². The molecule has 0 aliphatic heterocycles. The van der Waals surface area contributed by atoms with Crippen molar-refractivity contribution in [3.8, 4) is 11.3 Å². The quantitative estimate of drug-likeness (QED) is 0.751. The van der Waals surface area contributed by atoms with Crippen LogP contribution in [0.4, 0.5) is 24.9 Å². The number of oxazole rings is 1. The summed E-state index contributed by atoms with van der Waals surface area (Å²) in [6, 6.07) is 7.67. The Hall–Kier alpha value is -3.36. The number of carbonyl (C=O) groups excluding carboxylic acids is 1. The summed E-state index contributed by atoms with van der Waals surface area (Å²) >= 11 is 0. The number of amides is 1. The van der Waals surface area contributed by atoms with E-state index in [0.29, 0.717) is 17.0 Å². The van der Waals surface area contributed by atoms with Gasteiger partial charge in [-0.3, -0.25) is 4.79 Å². The SMILES string of the molecule is NC(=O)c1ccc(Nc2ncc(-c3ccc(C(F)(F)F)cc3)o2)cn1. The monoisotopic (exact) mass is 348 g/mol.